The molecule has 0 heterocycles. The zero-order valence-electron chi connectivity index (χ0n) is 16.6. The molecule has 0 rings (SSSR count). The number of hydrogen-bond acceptors (Lipinski definition) is 1. The van der Waals surface area contributed by atoms with Crippen LogP contribution in [0.25, 0.3) is 0 Å². The van der Waals surface area contributed by atoms with E-state index in [1.165, 1.54) is 83.5 Å². The molecule has 0 aliphatic rings. The number of unbranched alkanes of at least 4 members (excludes halogenated alkanes) is 14. The molecule has 170 valence electrons. The van der Waals surface area contributed by atoms with Crippen LogP contribution in [-0.4, -0.2) is 11.1 Å². The van der Waals surface area contributed by atoms with Crippen molar-refractivity contribution >= 4 is 5.97 Å². The topological polar surface area (TPSA) is 180 Å². The molecule has 0 aliphatic carbocycles. The van der Waals surface area contributed by atoms with Crippen LogP contribution < -0.4 is 0 Å². The summed E-state index contributed by atoms with van der Waals surface area (Å²) in [5.41, 5.74) is 0. The quantitative estimate of drug-likeness (QED) is 0.285. The predicted octanol–water partition coefficient (Wildman–Crippen LogP) is 5.73. The molecule has 0 aliphatic heterocycles. The first kappa shape index (κ1) is 50.8. The van der Waals surface area contributed by atoms with Crippen molar-refractivity contribution in [2.45, 2.75) is 110 Å². The van der Waals surface area contributed by atoms with Crippen LogP contribution in [0.1, 0.15) is 110 Å². The van der Waals surface area contributed by atoms with Crippen LogP contribution >= 0.6 is 0 Å². The Labute approximate surface area is 189 Å². The summed E-state index contributed by atoms with van der Waals surface area (Å²) >= 11 is 0. The summed E-state index contributed by atoms with van der Waals surface area (Å²) in [4.78, 5) is 10.3. The maximum atomic E-state index is 10.3. The van der Waals surface area contributed by atoms with Crippen LogP contribution in [0.5, 0.6) is 0 Å². The Balaban J connectivity index is -0.0000000860. The molecular formula is C18H36O7V2-10. The van der Waals surface area contributed by atoms with E-state index in [0.717, 1.165) is 12.8 Å². The minimum atomic E-state index is -0.653. The summed E-state index contributed by atoms with van der Waals surface area (Å²) in [5.74, 6) is -0.653. The Morgan fingerprint density at radius 3 is 0.963 bits per heavy atom. The van der Waals surface area contributed by atoms with Gasteiger partial charge in [-0.3, -0.25) is 4.79 Å². The summed E-state index contributed by atoms with van der Waals surface area (Å²) in [6.07, 6.45) is 20.2. The fraction of sp³-hybridized carbons (Fsp3) is 0.944. The number of hydrogen-bond donors (Lipinski definition) is 1. The molecule has 27 heavy (non-hydrogen) atoms. The van der Waals surface area contributed by atoms with Crippen molar-refractivity contribution in [3.8, 4) is 0 Å². The van der Waals surface area contributed by atoms with Crippen molar-refractivity contribution in [1.29, 1.82) is 0 Å². The molecule has 0 fully saturated rings. The van der Waals surface area contributed by atoms with E-state index in [9.17, 15) is 4.79 Å². The van der Waals surface area contributed by atoms with Crippen LogP contribution in [0.4, 0.5) is 0 Å². The average Bonchev–Trinajstić information content (AvgIpc) is 2.43. The molecule has 0 aromatic heterocycles. The normalized spacial score (nSPS) is 8.04. The van der Waals surface area contributed by atoms with Gasteiger partial charge in [0.2, 0.25) is 0 Å². The predicted molar refractivity (Wildman–Crippen MR) is 90.6 cm³/mol. The fourth-order valence-corrected chi connectivity index (χ4v) is 2.65. The summed E-state index contributed by atoms with van der Waals surface area (Å²) < 4.78 is 0. The molecule has 0 aromatic carbocycles. The number of carbonyl (C=O) groups is 1. The summed E-state index contributed by atoms with van der Waals surface area (Å²) in [6.45, 7) is 2.27. The fourth-order valence-electron chi connectivity index (χ4n) is 2.65. The van der Waals surface area contributed by atoms with Gasteiger partial charge in [0.05, 0.1) is 0 Å². The van der Waals surface area contributed by atoms with Gasteiger partial charge in [0.25, 0.3) is 0 Å². The third-order valence-corrected chi connectivity index (χ3v) is 3.99. The second-order valence-corrected chi connectivity index (χ2v) is 6.09. The molecule has 0 atom stereocenters. The molecule has 2 radical (unpaired) electrons. The molecule has 0 aromatic rings. The SMILES string of the molecule is CCCCCCCCCCCCCCCCCC(=O)O.[O-2].[O-2].[O-2].[O-2].[O-2].[V].[V]. The second-order valence-electron chi connectivity index (χ2n) is 6.09. The van der Waals surface area contributed by atoms with Crippen molar-refractivity contribution in [1.82, 2.24) is 0 Å². The van der Waals surface area contributed by atoms with Crippen molar-refractivity contribution in [3.63, 3.8) is 0 Å². The molecule has 7 nitrogen and oxygen atoms in total. The van der Waals surface area contributed by atoms with E-state index in [2.05, 4.69) is 6.92 Å². The third kappa shape index (κ3) is 51.9. The number of carboxylic acid groups (broad SMARTS) is 1. The van der Waals surface area contributed by atoms with Crippen molar-refractivity contribution < 1.29 is 74.4 Å². The minimum Gasteiger partial charge on any atom is -2.00 e. The van der Waals surface area contributed by atoms with Gasteiger partial charge >= 0.3 is 5.97 Å². The van der Waals surface area contributed by atoms with Crippen LogP contribution in [0.2, 0.25) is 0 Å². The molecule has 0 amide bonds. The van der Waals surface area contributed by atoms with Gasteiger partial charge in [0, 0.05) is 43.5 Å². The molecule has 0 saturated heterocycles. The second kappa shape index (κ2) is 45.3. The number of rotatable bonds is 16. The van der Waals surface area contributed by atoms with E-state index in [1.54, 1.807) is 0 Å². The maximum Gasteiger partial charge on any atom is 0.303 e. The van der Waals surface area contributed by atoms with E-state index in [0.29, 0.717) is 6.42 Å². The summed E-state index contributed by atoms with van der Waals surface area (Å²) in [5, 5.41) is 8.52. The van der Waals surface area contributed by atoms with Crippen LogP contribution in [-0.2, 0) is 69.3 Å². The Morgan fingerprint density at radius 2 is 0.741 bits per heavy atom. The first-order chi connectivity index (χ1) is 9.77. The number of aliphatic carboxylic acids is 1. The van der Waals surface area contributed by atoms with Gasteiger partial charge in [0.15, 0.2) is 0 Å². The first-order valence-corrected chi connectivity index (χ1v) is 8.99. The first-order valence-electron chi connectivity index (χ1n) is 8.99. The van der Waals surface area contributed by atoms with Gasteiger partial charge < -0.3 is 32.5 Å². The molecular weight excluding hydrogens is 430 g/mol. The van der Waals surface area contributed by atoms with Crippen LogP contribution in [0.15, 0.2) is 0 Å². The van der Waals surface area contributed by atoms with E-state index in [1.807, 2.05) is 0 Å². The van der Waals surface area contributed by atoms with Gasteiger partial charge in [-0.1, -0.05) is 96.8 Å². The van der Waals surface area contributed by atoms with Crippen molar-refractivity contribution in [2.24, 2.45) is 0 Å². The molecule has 1 N–H and O–H groups in total. The Bertz CT molecular complexity index is 224. The molecule has 9 heteroatoms. The summed E-state index contributed by atoms with van der Waals surface area (Å²) in [6, 6.07) is 0. The zero-order valence-corrected chi connectivity index (χ0v) is 19.4. The van der Waals surface area contributed by atoms with Gasteiger partial charge in [-0.2, -0.15) is 0 Å². The molecule has 0 bridgehead atoms. The minimum absolute atomic E-state index is 0. The third-order valence-electron chi connectivity index (χ3n) is 3.99. The zero-order chi connectivity index (χ0) is 14.9. The van der Waals surface area contributed by atoms with E-state index in [4.69, 9.17) is 5.11 Å². The van der Waals surface area contributed by atoms with Gasteiger partial charge in [-0.05, 0) is 6.42 Å². The van der Waals surface area contributed by atoms with Gasteiger partial charge in [0.1, 0.15) is 0 Å². The molecule has 0 spiro atoms. The molecule has 0 saturated carbocycles. The van der Waals surface area contributed by atoms with Gasteiger partial charge in [-0.15, -0.1) is 0 Å². The largest absolute Gasteiger partial charge is 2.00 e. The van der Waals surface area contributed by atoms with Crippen LogP contribution in [0.3, 0.4) is 0 Å². The average molecular weight is 466 g/mol. The monoisotopic (exact) mass is 466 g/mol. The van der Waals surface area contributed by atoms with Crippen LogP contribution in [0, 0.1) is 0 Å². The maximum absolute atomic E-state index is 10.3. The Kier molecular flexibility index (Phi) is 85.1. The summed E-state index contributed by atoms with van der Waals surface area (Å²) in [7, 11) is 0. The Hall–Kier alpha value is 0.439. The smallest absolute Gasteiger partial charge is 0.303 e. The van der Waals surface area contributed by atoms with Crippen molar-refractivity contribution in [3.05, 3.63) is 0 Å². The van der Waals surface area contributed by atoms with E-state index >= 15 is 0 Å². The molecule has 0 unspecified atom stereocenters. The van der Waals surface area contributed by atoms with Gasteiger partial charge in [-0.25, -0.2) is 0 Å². The number of carboxylic acids is 1. The van der Waals surface area contributed by atoms with Crippen molar-refractivity contribution in [2.75, 3.05) is 0 Å². The van der Waals surface area contributed by atoms with E-state index in [-0.39, 0.29) is 64.5 Å². The Morgan fingerprint density at radius 1 is 0.519 bits per heavy atom. The standard InChI is InChI=1S/C18H36O2.5O.2V/c1-2-3-4-5-6-7-8-9-10-11-12-13-14-15-16-17-18(19)20;;;;;;;/h2-17H2,1H3,(H,19,20);;;;;;;/q;5*-2;;. The van der Waals surface area contributed by atoms with E-state index < -0.39 is 5.97 Å².